The van der Waals surface area contributed by atoms with Crippen LogP contribution in [0.1, 0.15) is 57.9 Å². The minimum atomic E-state index is -0.801. The van der Waals surface area contributed by atoms with Crippen LogP contribution >= 0.6 is 0 Å². The van der Waals surface area contributed by atoms with E-state index in [1.165, 1.54) is 0 Å². The van der Waals surface area contributed by atoms with Gasteiger partial charge < -0.3 is 24.8 Å². The maximum absolute atomic E-state index is 11.2. The third kappa shape index (κ3) is 6.32. The van der Waals surface area contributed by atoms with Gasteiger partial charge in [-0.1, -0.05) is 19.9 Å². The Bertz CT molecular complexity index is 869. The Morgan fingerprint density at radius 2 is 2.00 bits per heavy atom. The molecular weight excluding hydrogens is 408 g/mol. The first-order chi connectivity index (χ1) is 15.5. The second kappa shape index (κ2) is 11.7. The predicted molar refractivity (Wildman–Crippen MR) is 125 cm³/mol. The van der Waals surface area contributed by atoms with E-state index in [0.29, 0.717) is 18.7 Å². The first-order valence-corrected chi connectivity index (χ1v) is 11.4. The summed E-state index contributed by atoms with van der Waals surface area (Å²) in [4.78, 5) is 22.2. The highest BCUT2D eigenvalue weighted by Gasteiger charge is 2.23. The number of benzene rings is 1. The Hall–Kier alpha value is -2.87. The average Bonchev–Trinajstić information content (AvgIpc) is 2.80. The molecule has 1 atom stereocenters. The molecule has 3 rings (SSSR count). The maximum atomic E-state index is 11.2. The van der Waals surface area contributed by atoms with E-state index >= 15 is 0 Å². The summed E-state index contributed by atoms with van der Waals surface area (Å²) in [7, 11) is 0. The largest absolute Gasteiger partial charge is 0.481 e. The number of carboxylic acids is 1. The normalized spacial score (nSPS) is 15.2. The zero-order chi connectivity index (χ0) is 22.9. The molecule has 174 valence electrons. The molecule has 32 heavy (non-hydrogen) atoms. The molecule has 0 aliphatic carbocycles. The quantitative estimate of drug-likeness (QED) is 0.521. The molecule has 0 radical (unpaired) electrons. The minimum Gasteiger partial charge on any atom is -0.481 e. The van der Waals surface area contributed by atoms with Gasteiger partial charge in [0.1, 0.15) is 0 Å². The fourth-order valence-corrected chi connectivity index (χ4v) is 4.02. The van der Waals surface area contributed by atoms with Crippen LogP contribution in [-0.4, -0.2) is 53.5 Å². The number of aliphatic carboxylic acids is 1. The molecule has 8 heteroatoms. The molecule has 2 heterocycles. The van der Waals surface area contributed by atoms with Gasteiger partial charge in [-0.05, 0) is 49.8 Å². The molecular formula is C24H34N4O4. The van der Waals surface area contributed by atoms with E-state index in [-0.39, 0.29) is 12.3 Å². The van der Waals surface area contributed by atoms with Crippen molar-refractivity contribution in [3.8, 4) is 6.01 Å². The Morgan fingerprint density at radius 3 is 2.62 bits per heavy atom. The summed E-state index contributed by atoms with van der Waals surface area (Å²) in [6.45, 7) is 9.11. The highest BCUT2D eigenvalue weighted by atomic mass is 16.5. The van der Waals surface area contributed by atoms with E-state index in [0.717, 1.165) is 61.6 Å². The van der Waals surface area contributed by atoms with Gasteiger partial charge in [-0.15, -0.1) is 0 Å². The van der Waals surface area contributed by atoms with Crippen LogP contribution in [0.3, 0.4) is 0 Å². The van der Waals surface area contributed by atoms with Crippen LogP contribution < -0.4 is 15.0 Å². The lowest BCUT2D eigenvalue weighted by molar-refractivity contribution is -0.137. The van der Waals surface area contributed by atoms with Crippen molar-refractivity contribution >= 4 is 23.0 Å². The zero-order valence-corrected chi connectivity index (χ0v) is 19.2. The molecule has 2 aromatic rings. The van der Waals surface area contributed by atoms with Crippen molar-refractivity contribution in [2.45, 2.75) is 58.4 Å². The van der Waals surface area contributed by atoms with Crippen LogP contribution in [-0.2, 0) is 9.53 Å². The number of carboxylic acid groups (broad SMARTS) is 1. The summed E-state index contributed by atoms with van der Waals surface area (Å²) >= 11 is 0. The number of rotatable bonds is 11. The number of hydrogen-bond acceptors (Lipinski definition) is 7. The number of anilines is 3. The molecule has 1 aliphatic heterocycles. The summed E-state index contributed by atoms with van der Waals surface area (Å²) in [6, 6.07) is 6.94. The minimum absolute atomic E-state index is 0.0861. The van der Waals surface area contributed by atoms with E-state index in [4.69, 9.17) is 9.47 Å². The van der Waals surface area contributed by atoms with Crippen molar-refractivity contribution in [1.29, 1.82) is 0 Å². The molecule has 0 bridgehead atoms. The second-order valence-corrected chi connectivity index (χ2v) is 8.13. The first kappa shape index (κ1) is 23.8. The van der Waals surface area contributed by atoms with Gasteiger partial charge in [-0.2, -0.15) is 0 Å². The molecule has 2 N–H and O–H groups in total. The number of nitrogens with one attached hydrogen (secondary N) is 1. The molecule has 1 saturated heterocycles. The lowest BCUT2D eigenvalue weighted by atomic mass is 9.96. The number of hydrogen-bond donors (Lipinski definition) is 2. The molecule has 1 unspecified atom stereocenters. The molecule has 0 saturated carbocycles. The topological polar surface area (TPSA) is 96.8 Å². The second-order valence-electron chi connectivity index (χ2n) is 8.13. The summed E-state index contributed by atoms with van der Waals surface area (Å²) in [5.41, 5.74) is 3.72. The van der Waals surface area contributed by atoms with Crippen molar-refractivity contribution < 1.29 is 19.4 Å². The monoisotopic (exact) mass is 442 g/mol. The Kier molecular flexibility index (Phi) is 8.67. The summed E-state index contributed by atoms with van der Waals surface area (Å²) in [5.74, 6) is -0.897. The first-order valence-electron chi connectivity index (χ1n) is 11.4. The van der Waals surface area contributed by atoms with Gasteiger partial charge in [0.25, 0.3) is 0 Å². The van der Waals surface area contributed by atoms with Gasteiger partial charge in [-0.3, -0.25) is 4.79 Å². The highest BCUT2D eigenvalue weighted by molar-refractivity contribution is 5.76. The fraction of sp³-hybridized carbons (Fsp3) is 0.542. The summed E-state index contributed by atoms with van der Waals surface area (Å²) in [5, 5.41) is 12.7. The van der Waals surface area contributed by atoms with Crippen LogP contribution in [0, 0.1) is 0 Å². The number of aromatic nitrogens is 2. The Balaban J connectivity index is 1.90. The van der Waals surface area contributed by atoms with E-state index in [1.54, 1.807) is 12.4 Å². The van der Waals surface area contributed by atoms with Crippen LogP contribution in [0.4, 0.5) is 17.1 Å². The van der Waals surface area contributed by atoms with Crippen molar-refractivity contribution in [2.24, 2.45) is 0 Å². The van der Waals surface area contributed by atoms with E-state index in [2.05, 4.69) is 33.2 Å². The van der Waals surface area contributed by atoms with Crippen LogP contribution in [0.25, 0.3) is 0 Å². The Labute approximate surface area is 190 Å². The third-order valence-electron chi connectivity index (χ3n) is 5.69. The van der Waals surface area contributed by atoms with Crippen LogP contribution in [0.15, 0.2) is 30.6 Å². The van der Waals surface area contributed by atoms with Gasteiger partial charge in [-0.25, -0.2) is 9.97 Å². The molecule has 1 aromatic carbocycles. The predicted octanol–water partition coefficient (Wildman–Crippen LogP) is 4.59. The standard InChI is InChI=1S/C24H34N4O4/c1-4-10-32-24-25-15-19(16-26-24)27-21-14-18(17(3)13-23(29)30)6-7-22(21)28(5-2)20-8-11-31-12-9-20/h6-7,14-17,20,27H,4-5,8-13H2,1-3H3,(H,29,30). The van der Waals surface area contributed by atoms with Gasteiger partial charge in [0.2, 0.25) is 0 Å². The number of ether oxygens (including phenoxy) is 2. The molecule has 8 nitrogen and oxygen atoms in total. The SMILES string of the molecule is CCCOc1ncc(Nc2cc(C(C)CC(=O)O)ccc2N(CC)C2CCOCC2)cn1. The van der Waals surface area contributed by atoms with Gasteiger partial charge in [0.05, 0.1) is 42.5 Å². The van der Waals surface area contributed by atoms with Crippen molar-refractivity contribution in [1.82, 2.24) is 9.97 Å². The van der Waals surface area contributed by atoms with Gasteiger partial charge >= 0.3 is 12.0 Å². The third-order valence-corrected chi connectivity index (χ3v) is 5.69. The molecule has 0 spiro atoms. The number of carbonyl (C=O) groups is 1. The van der Waals surface area contributed by atoms with Crippen LogP contribution in [0.5, 0.6) is 6.01 Å². The van der Waals surface area contributed by atoms with Crippen LogP contribution in [0.2, 0.25) is 0 Å². The highest BCUT2D eigenvalue weighted by Crippen LogP contribution is 2.35. The van der Waals surface area contributed by atoms with Crippen molar-refractivity contribution in [3.05, 3.63) is 36.2 Å². The van der Waals surface area contributed by atoms with E-state index in [1.807, 2.05) is 26.0 Å². The maximum Gasteiger partial charge on any atom is 0.316 e. The Morgan fingerprint density at radius 1 is 1.28 bits per heavy atom. The van der Waals surface area contributed by atoms with Crippen molar-refractivity contribution in [2.75, 3.05) is 36.6 Å². The average molecular weight is 443 g/mol. The van der Waals surface area contributed by atoms with E-state index in [9.17, 15) is 9.90 Å². The summed E-state index contributed by atoms with van der Waals surface area (Å²) in [6.07, 6.45) is 6.36. The molecule has 1 aromatic heterocycles. The molecule has 1 fully saturated rings. The van der Waals surface area contributed by atoms with Gasteiger partial charge in [0, 0.05) is 25.8 Å². The summed E-state index contributed by atoms with van der Waals surface area (Å²) < 4.78 is 11.0. The number of nitrogens with zero attached hydrogens (tertiary/aromatic N) is 3. The zero-order valence-electron chi connectivity index (χ0n) is 19.2. The smallest absolute Gasteiger partial charge is 0.316 e. The van der Waals surface area contributed by atoms with Crippen molar-refractivity contribution in [3.63, 3.8) is 0 Å². The van der Waals surface area contributed by atoms with E-state index < -0.39 is 5.97 Å². The lowest BCUT2D eigenvalue weighted by Gasteiger charge is -2.36. The van der Waals surface area contributed by atoms with Gasteiger partial charge in [0.15, 0.2) is 0 Å². The molecule has 0 amide bonds. The fourth-order valence-electron chi connectivity index (χ4n) is 4.02. The molecule has 1 aliphatic rings. The lowest BCUT2D eigenvalue weighted by Crippen LogP contribution is -2.39.